The lowest BCUT2D eigenvalue weighted by molar-refractivity contribution is 0.575. The van der Waals surface area contributed by atoms with Crippen LogP contribution in [-0.2, 0) is 23.5 Å². The SMILES string of the molecule is Cc1nc(S(=O)(=O)NCCCc2ncn[nH]2)cn1C. The topological polar surface area (TPSA) is 106 Å². The van der Waals surface area contributed by atoms with E-state index in [0.29, 0.717) is 25.2 Å². The number of imidazole rings is 1. The molecule has 2 N–H and O–H groups in total. The fourth-order valence-corrected chi connectivity index (χ4v) is 2.65. The molecule has 19 heavy (non-hydrogen) atoms. The minimum absolute atomic E-state index is 0.0483. The van der Waals surface area contributed by atoms with Crippen molar-refractivity contribution in [3.8, 4) is 0 Å². The summed E-state index contributed by atoms with van der Waals surface area (Å²) in [5, 5.41) is 6.49. The van der Waals surface area contributed by atoms with Crippen LogP contribution < -0.4 is 4.72 Å². The Labute approximate surface area is 111 Å². The Hall–Kier alpha value is -1.74. The summed E-state index contributed by atoms with van der Waals surface area (Å²) in [6.07, 6.45) is 4.20. The second kappa shape index (κ2) is 5.49. The van der Waals surface area contributed by atoms with Crippen molar-refractivity contribution in [2.24, 2.45) is 7.05 Å². The highest BCUT2D eigenvalue weighted by molar-refractivity contribution is 7.89. The second-order valence-electron chi connectivity index (χ2n) is 4.17. The maximum Gasteiger partial charge on any atom is 0.259 e. The summed E-state index contributed by atoms with van der Waals surface area (Å²) >= 11 is 0. The second-order valence-corrected chi connectivity index (χ2v) is 5.88. The summed E-state index contributed by atoms with van der Waals surface area (Å²) < 4.78 is 28.1. The van der Waals surface area contributed by atoms with Crippen molar-refractivity contribution in [1.29, 1.82) is 0 Å². The molecule has 0 aromatic carbocycles. The highest BCUT2D eigenvalue weighted by Crippen LogP contribution is 2.07. The van der Waals surface area contributed by atoms with E-state index in [2.05, 4.69) is 24.9 Å². The normalized spacial score (nSPS) is 11.9. The Morgan fingerprint density at radius 2 is 2.26 bits per heavy atom. The van der Waals surface area contributed by atoms with Gasteiger partial charge in [-0.05, 0) is 13.3 Å². The fraction of sp³-hybridized carbons (Fsp3) is 0.500. The molecule has 0 amide bonds. The lowest BCUT2D eigenvalue weighted by atomic mass is 10.3. The fourth-order valence-electron chi connectivity index (χ4n) is 1.54. The van der Waals surface area contributed by atoms with Crippen LogP contribution in [0.2, 0.25) is 0 Å². The average molecular weight is 284 g/mol. The summed E-state index contributed by atoms with van der Waals surface area (Å²) in [7, 11) is -1.78. The van der Waals surface area contributed by atoms with Gasteiger partial charge in [0, 0.05) is 26.2 Å². The molecule has 2 aromatic rings. The molecular weight excluding hydrogens is 268 g/mol. The zero-order chi connectivity index (χ0) is 13.9. The quantitative estimate of drug-likeness (QED) is 0.712. The third kappa shape index (κ3) is 3.38. The van der Waals surface area contributed by atoms with Crippen LogP contribution in [0.25, 0.3) is 0 Å². The number of H-pyrrole nitrogens is 1. The van der Waals surface area contributed by atoms with Gasteiger partial charge in [0.25, 0.3) is 10.0 Å². The maximum atomic E-state index is 11.9. The standard InChI is InChI=1S/C10H16N6O2S/c1-8-14-10(6-16(8)2)19(17,18)13-5-3-4-9-11-7-12-15-9/h6-7,13H,3-5H2,1-2H3,(H,11,12,15). The predicted octanol–water partition coefficient (Wildman–Crippen LogP) is -0.242. The number of nitrogens with one attached hydrogen (secondary N) is 2. The van der Waals surface area contributed by atoms with E-state index < -0.39 is 10.0 Å². The Balaban J connectivity index is 1.87. The summed E-state index contributed by atoms with van der Waals surface area (Å²) in [6, 6.07) is 0. The van der Waals surface area contributed by atoms with Gasteiger partial charge in [-0.25, -0.2) is 23.1 Å². The first kappa shape index (κ1) is 13.7. The molecule has 0 unspecified atom stereocenters. The van der Waals surface area contributed by atoms with Crippen LogP contribution in [0.3, 0.4) is 0 Å². The Morgan fingerprint density at radius 1 is 1.47 bits per heavy atom. The summed E-state index contributed by atoms with van der Waals surface area (Å²) in [4.78, 5) is 7.96. The van der Waals surface area contributed by atoms with Crippen LogP contribution in [0.4, 0.5) is 0 Å². The van der Waals surface area contributed by atoms with E-state index in [1.165, 1.54) is 12.5 Å². The molecule has 0 atom stereocenters. The van der Waals surface area contributed by atoms with Crippen molar-refractivity contribution >= 4 is 10.0 Å². The van der Waals surface area contributed by atoms with Crippen LogP contribution in [0, 0.1) is 6.92 Å². The first-order valence-electron chi connectivity index (χ1n) is 5.83. The number of aromatic nitrogens is 5. The molecular formula is C10H16N6O2S. The van der Waals surface area contributed by atoms with Crippen LogP contribution in [0.5, 0.6) is 0 Å². The van der Waals surface area contributed by atoms with Gasteiger partial charge in [0.05, 0.1) is 0 Å². The first-order valence-corrected chi connectivity index (χ1v) is 7.31. The van der Waals surface area contributed by atoms with E-state index >= 15 is 0 Å². The number of rotatable bonds is 6. The number of hydrogen-bond donors (Lipinski definition) is 2. The van der Waals surface area contributed by atoms with Crippen molar-refractivity contribution in [3.05, 3.63) is 24.2 Å². The van der Waals surface area contributed by atoms with Gasteiger partial charge in [-0.2, -0.15) is 5.10 Å². The van der Waals surface area contributed by atoms with E-state index in [4.69, 9.17) is 0 Å². The lowest BCUT2D eigenvalue weighted by Gasteiger charge is -2.02. The zero-order valence-corrected chi connectivity index (χ0v) is 11.6. The molecule has 0 bridgehead atoms. The van der Waals surface area contributed by atoms with Gasteiger partial charge < -0.3 is 4.57 Å². The van der Waals surface area contributed by atoms with Gasteiger partial charge in [0.1, 0.15) is 18.0 Å². The van der Waals surface area contributed by atoms with Crippen molar-refractivity contribution < 1.29 is 8.42 Å². The largest absolute Gasteiger partial charge is 0.337 e. The molecule has 0 saturated carbocycles. The van der Waals surface area contributed by atoms with Crippen LogP contribution >= 0.6 is 0 Å². The molecule has 0 aliphatic heterocycles. The molecule has 104 valence electrons. The smallest absolute Gasteiger partial charge is 0.259 e. The number of aromatic amines is 1. The minimum Gasteiger partial charge on any atom is -0.337 e. The zero-order valence-electron chi connectivity index (χ0n) is 10.8. The third-order valence-corrected chi connectivity index (χ3v) is 4.04. The monoisotopic (exact) mass is 284 g/mol. The Morgan fingerprint density at radius 3 is 2.84 bits per heavy atom. The van der Waals surface area contributed by atoms with E-state index in [9.17, 15) is 8.42 Å². The van der Waals surface area contributed by atoms with Crippen LogP contribution in [0.1, 0.15) is 18.1 Å². The molecule has 9 heteroatoms. The van der Waals surface area contributed by atoms with Crippen molar-refractivity contribution in [1.82, 2.24) is 29.5 Å². The highest BCUT2D eigenvalue weighted by atomic mass is 32.2. The number of sulfonamides is 1. The number of aryl methyl sites for hydroxylation is 3. The minimum atomic E-state index is -3.53. The molecule has 0 fully saturated rings. The van der Waals surface area contributed by atoms with Gasteiger partial charge in [0.2, 0.25) is 0 Å². The molecule has 0 aliphatic rings. The average Bonchev–Trinajstić information content (AvgIpc) is 2.96. The summed E-state index contributed by atoms with van der Waals surface area (Å²) in [5.74, 6) is 1.40. The molecule has 2 rings (SSSR count). The number of nitrogens with zero attached hydrogens (tertiary/aromatic N) is 4. The van der Waals surface area contributed by atoms with Gasteiger partial charge in [0.15, 0.2) is 5.03 Å². The molecule has 0 spiro atoms. The van der Waals surface area contributed by atoms with E-state index in [1.54, 1.807) is 18.5 Å². The molecule has 0 aliphatic carbocycles. The highest BCUT2D eigenvalue weighted by Gasteiger charge is 2.17. The predicted molar refractivity (Wildman–Crippen MR) is 67.8 cm³/mol. The van der Waals surface area contributed by atoms with Crippen molar-refractivity contribution in [2.75, 3.05) is 6.54 Å². The molecule has 0 saturated heterocycles. The van der Waals surface area contributed by atoms with E-state index in [-0.39, 0.29) is 5.03 Å². The third-order valence-electron chi connectivity index (χ3n) is 2.71. The van der Waals surface area contributed by atoms with E-state index in [1.807, 2.05) is 0 Å². The summed E-state index contributed by atoms with van der Waals surface area (Å²) in [5.41, 5.74) is 0. The van der Waals surface area contributed by atoms with Crippen molar-refractivity contribution in [2.45, 2.75) is 24.8 Å². The molecule has 8 nitrogen and oxygen atoms in total. The van der Waals surface area contributed by atoms with Gasteiger partial charge in [-0.3, -0.25) is 5.10 Å². The van der Waals surface area contributed by atoms with E-state index in [0.717, 1.165) is 5.82 Å². The van der Waals surface area contributed by atoms with Crippen LogP contribution in [0.15, 0.2) is 17.6 Å². The van der Waals surface area contributed by atoms with Gasteiger partial charge in [-0.15, -0.1) is 0 Å². The van der Waals surface area contributed by atoms with Gasteiger partial charge >= 0.3 is 0 Å². The maximum absolute atomic E-state index is 11.9. The Kier molecular flexibility index (Phi) is 3.96. The number of hydrogen-bond acceptors (Lipinski definition) is 5. The molecule has 2 aromatic heterocycles. The van der Waals surface area contributed by atoms with Gasteiger partial charge in [-0.1, -0.05) is 0 Å². The molecule has 0 radical (unpaired) electrons. The lowest BCUT2D eigenvalue weighted by Crippen LogP contribution is -2.25. The molecule has 2 heterocycles. The summed E-state index contributed by atoms with van der Waals surface area (Å²) in [6.45, 7) is 2.08. The Bertz CT molecular complexity index is 612. The first-order chi connectivity index (χ1) is 8.99. The van der Waals surface area contributed by atoms with Crippen molar-refractivity contribution in [3.63, 3.8) is 0 Å². The van der Waals surface area contributed by atoms with Crippen LogP contribution in [-0.4, -0.2) is 39.7 Å².